The monoisotopic (exact) mass is 285 g/mol. The summed E-state index contributed by atoms with van der Waals surface area (Å²) in [5, 5.41) is 3.52. The van der Waals surface area contributed by atoms with Gasteiger partial charge in [0.1, 0.15) is 0 Å². The highest BCUT2D eigenvalue weighted by Gasteiger charge is 2.11. The Labute approximate surface area is 107 Å². The Morgan fingerprint density at radius 1 is 1.25 bits per heavy atom. The molecule has 0 aliphatic heterocycles. The van der Waals surface area contributed by atoms with E-state index in [1.807, 2.05) is 0 Å². The molecule has 16 heavy (non-hydrogen) atoms. The first-order chi connectivity index (χ1) is 7.63. The maximum Gasteiger partial charge on any atom is 0.0618 e. The van der Waals surface area contributed by atoms with Gasteiger partial charge in [-0.05, 0) is 23.6 Å². The standard InChI is InChI=1S/C13H20BrNO/c1-10(2)13(9-16-3)15-8-11-4-6-12(14)7-5-11/h4-7,10,13,15H,8-9H2,1-3H3. The Morgan fingerprint density at radius 2 is 1.88 bits per heavy atom. The molecule has 1 unspecified atom stereocenters. The summed E-state index contributed by atoms with van der Waals surface area (Å²) in [6.07, 6.45) is 0. The summed E-state index contributed by atoms with van der Waals surface area (Å²) >= 11 is 3.43. The van der Waals surface area contributed by atoms with E-state index in [9.17, 15) is 0 Å². The summed E-state index contributed by atoms with van der Waals surface area (Å²) < 4.78 is 6.32. The first kappa shape index (κ1) is 13.7. The van der Waals surface area contributed by atoms with E-state index in [4.69, 9.17) is 4.74 Å². The van der Waals surface area contributed by atoms with Gasteiger partial charge in [-0.25, -0.2) is 0 Å². The first-order valence-corrected chi connectivity index (χ1v) is 6.39. The quantitative estimate of drug-likeness (QED) is 0.867. The van der Waals surface area contributed by atoms with Crippen molar-refractivity contribution in [1.82, 2.24) is 5.32 Å². The van der Waals surface area contributed by atoms with E-state index in [1.54, 1.807) is 7.11 Å². The normalized spacial score (nSPS) is 13.1. The number of rotatable bonds is 6. The fraction of sp³-hybridized carbons (Fsp3) is 0.538. The zero-order chi connectivity index (χ0) is 12.0. The molecule has 0 heterocycles. The van der Waals surface area contributed by atoms with Crippen molar-refractivity contribution < 1.29 is 4.74 Å². The molecule has 0 amide bonds. The topological polar surface area (TPSA) is 21.3 Å². The molecular formula is C13H20BrNO. The van der Waals surface area contributed by atoms with Gasteiger partial charge in [-0.1, -0.05) is 41.9 Å². The van der Waals surface area contributed by atoms with Crippen LogP contribution in [0.15, 0.2) is 28.7 Å². The van der Waals surface area contributed by atoms with Crippen LogP contribution in [0.4, 0.5) is 0 Å². The Balaban J connectivity index is 2.45. The molecule has 0 saturated carbocycles. The largest absolute Gasteiger partial charge is 0.383 e. The summed E-state index contributed by atoms with van der Waals surface area (Å²) in [6, 6.07) is 8.80. The Hall–Kier alpha value is -0.380. The van der Waals surface area contributed by atoms with Crippen molar-refractivity contribution in [3.8, 4) is 0 Å². The second kappa shape index (κ2) is 7.05. The molecule has 0 spiro atoms. The maximum absolute atomic E-state index is 5.20. The van der Waals surface area contributed by atoms with Gasteiger partial charge < -0.3 is 10.1 Å². The fourth-order valence-electron chi connectivity index (χ4n) is 1.52. The minimum Gasteiger partial charge on any atom is -0.383 e. The van der Waals surface area contributed by atoms with Crippen LogP contribution in [0, 0.1) is 5.92 Å². The number of methoxy groups -OCH3 is 1. The number of nitrogens with one attached hydrogen (secondary N) is 1. The van der Waals surface area contributed by atoms with Crippen molar-refractivity contribution in [2.75, 3.05) is 13.7 Å². The Morgan fingerprint density at radius 3 is 2.38 bits per heavy atom. The van der Waals surface area contributed by atoms with Crippen LogP contribution in [0.3, 0.4) is 0 Å². The van der Waals surface area contributed by atoms with Gasteiger partial charge in [-0.15, -0.1) is 0 Å². The number of hydrogen-bond acceptors (Lipinski definition) is 2. The van der Waals surface area contributed by atoms with E-state index in [-0.39, 0.29) is 0 Å². The molecule has 0 fully saturated rings. The van der Waals surface area contributed by atoms with Crippen LogP contribution < -0.4 is 5.32 Å². The third kappa shape index (κ3) is 4.64. The van der Waals surface area contributed by atoms with Crippen LogP contribution in [-0.2, 0) is 11.3 Å². The molecule has 2 nitrogen and oxygen atoms in total. The van der Waals surface area contributed by atoms with Crippen LogP contribution in [0.1, 0.15) is 19.4 Å². The predicted molar refractivity (Wildman–Crippen MR) is 71.5 cm³/mol. The van der Waals surface area contributed by atoms with E-state index in [2.05, 4.69) is 59.4 Å². The zero-order valence-electron chi connectivity index (χ0n) is 10.2. The van der Waals surface area contributed by atoms with E-state index >= 15 is 0 Å². The van der Waals surface area contributed by atoms with Crippen LogP contribution in [0.25, 0.3) is 0 Å². The van der Waals surface area contributed by atoms with Crippen molar-refractivity contribution in [3.05, 3.63) is 34.3 Å². The molecular weight excluding hydrogens is 266 g/mol. The third-order valence-electron chi connectivity index (χ3n) is 2.63. The summed E-state index contributed by atoms with van der Waals surface area (Å²) in [4.78, 5) is 0. The number of benzene rings is 1. The van der Waals surface area contributed by atoms with E-state index < -0.39 is 0 Å². The summed E-state index contributed by atoms with van der Waals surface area (Å²) in [7, 11) is 1.75. The highest BCUT2D eigenvalue weighted by molar-refractivity contribution is 9.10. The van der Waals surface area contributed by atoms with Gasteiger partial charge in [0.05, 0.1) is 6.61 Å². The summed E-state index contributed by atoms with van der Waals surface area (Å²) in [5.74, 6) is 0.579. The van der Waals surface area contributed by atoms with Gasteiger partial charge in [-0.3, -0.25) is 0 Å². The smallest absolute Gasteiger partial charge is 0.0618 e. The molecule has 1 N–H and O–H groups in total. The molecule has 0 radical (unpaired) electrons. The predicted octanol–water partition coefficient (Wildman–Crippen LogP) is 3.21. The Kier molecular flexibility index (Phi) is 6.03. The van der Waals surface area contributed by atoms with Crippen molar-refractivity contribution in [1.29, 1.82) is 0 Å². The maximum atomic E-state index is 5.20. The lowest BCUT2D eigenvalue weighted by atomic mass is 10.1. The van der Waals surface area contributed by atoms with Gasteiger partial charge >= 0.3 is 0 Å². The van der Waals surface area contributed by atoms with Crippen molar-refractivity contribution >= 4 is 15.9 Å². The number of hydrogen-bond donors (Lipinski definition) is 1. The second-order valence-electron chi connectivity index (χ2n) is 4.31. The van der Waals surface area contributed by atoms with Crippen LogP contribution in [0.5, 0.6) is 0 Å². The molecule has 1 aromatic rings. The van der Waals surface area contributed by atoms with Gasteiger partial charge in [0.15, 0.2) is 0 Å². The molecule has 1 rings (SSSR count). The summed E-state index contributed by atoms with van der Waals surface area (Å²) in [6.45, 7) is 6.06. The highest BCUT2D eigenvalue weighted by Crippen LogP contribution is 2.11. The van der Waals surface area contributed by atoms with E-state index in [0.29, 0.717) is 12.0 Å². The van der Waals surface area contributed by atoms with Gasteiger partial charge in [0, 0.05) is 24.2 Å². The lowest BCUT2D eigenvalue weighted by Gasteiger charge is -2.21. The molecule has 3 heteroatoms. The highest BCUT2D eigenvalue weighted by atomic mass is 79.9. The number of halogens is 1. The van der Waals surface area contributed by atoms with Crippen molar-refractivity contribution in [2.24, 2.45) is 5.92 Å². The van der Waals surface area contributed by atoms with E-state index in [1.165, 1.54) is 5.56 Å². The molecule has 90 valence electrons. The van der Waals surface area contributed by atoms with Gasteiger partial charge in [0.2, 0.25) is 0 Å². The molecule has 0 aliphatic carbocycles. The third-order valence-corrected chi connectivity index (χ3v) is 3.16. The SMILES string of the molecule is COCC(NCc1ccc(Br)cc1)C(C)C. The van der Waals surface area contributed by atoms with Crippen LogP contribution in [-0.4, -0.2) is 19.8 Å². The van der Waals surface area contributed by atoms with Gasteiger partial charge in [-0.2, -0.15) is 0 Å². The molecule has 0 saturated heterocycles. The fourth-order valence-corrected chi connectivity index (χ4v) is 1.78. The second-order valence-corrected chi connectivity index (χ2v) is 5.23. The average Bonchev–Trinajstić information content (AvgIpc) is 2.26. The zero-order valence-corrected chi connectivity index (χ0v) is 11.8. The van der Waals surface area contributed by atoms with E-state index in [0.717, 1.165) is 17.6 Å². The lowest BCUT2D eigenvalue weighted by Crippen LogP contribution is -2.37. The minimum absolute atomic E-state index is 0.411. The lowest BCUT2D eigenvalue weighted by molar-refractivity contribution is 0.146. The van der Waals surface area contributed by atoms with Crippen molar-refractivity contribution in [2.45, 2.75) is 26.4 Å². The first-order valence-electron chi connectivity index (χ1n) is 5.60. The van der Waals surface area contributed by atoms with Gasteiger partial charge in [0.25, 0.3) is 0 Å². The molecule has 0 bridgehead atoms. The molecule has 0 aliphatic rings. The van der Waals surface area contributed by atoms with Crippen LogP contribution in [0.2, 0.25) is 0 Å². The number of ether oxygens (including phenoxy) is 1. The average molecular weight is 286 g/mol. The van der Waals surface area contributed by atoms with Crippen LogP contribution >= 0.6 is 15.9 Å². The Bertz CT molecular complexity index is 297. The minimum atomic E-state index is 0.411. The molecule has 1 aromatic carbocycles. The molecule has 0 aromatic heterocycles. The summed E-state index contributed by atoms with van der Waals surface area (Å²) in [5.41, 5.74) is 1.30. The molecule has 1 atom stereocenters. The van der Waals surface area contributed by atoms with Crippen molar-refractivity contribution in [3.63, 3.8) is 0 Å².